The summed E-state index contributed by atoms with van der Waals surface area (Å²) in [5.74, 6) is 0.657. The van der Waals surface area contributed by atoms with E-state index in [2.05, 4.69) is 19.9 Å². The normalized spacial score (nSPS) is 11.8. The Morgan fingerprint density at radius 3 is 1.72 bits per heavy atom. The summed E-state index contributed by atoms with van der Waals surface area (Å²) in [4.78, 5) is 11.9. The lowest BCUT2D eigenvalue weighted by Crippen LogP contribution is -2.11. The molecule has 1 rings (SSSR count). The Hall–Kier alpha value is 0.110. The molecule has 29 heavy (non-hydrogen) atoms. The molecule has 0 saturated heterocycles. The Kier molecular flexibility index (Phi) is 15.7. The van der Waals surface area contributed by atoms with E-state index in [0.29, 0.717) is 5.75 Å². The smallest absolute Gasteiger partial charge is 0.171 e. The van der Waals surface area contributed by atoms with E-state index in [9.17, 15) is 4.89 Å². The van der Waals surface area contributed by atoms with Crippen molar-refractivity contribution in [3.05, 3.63) is 29.3 Å². The van der Waals surface area contributed by atoms with Crippen molar-refractivity contribution in [2.45, 2.75) is 117 Å². The molecule has 0 N–H and O–H groups in total. The first-order valence-corrected chi connectivity index (χ1v) is 15.5. The number of hydrogen-bond acceptors (Lipinski definition) is 4. The average molecular weight is 457 g/mol. The molecule has 0 aliphatic carbocycles. The van der Waals surface area contributed by atoms with Crippen molar-refractivity contribution in [3.8, 4) is 5.75 Å². The minimum atomic E-state index is -3.37. The van der Waals surface area contributed by atoms with Crippen LogP contribution in [0.2, 0.25) is 0 Å². The van der Waals surface area contributed by atoms with Crippen LogP contribution < -0.4 is 9.42 Å². The third kappa shape index (κ3) is 13.9. The number of aryl methyl sites for hydroxylation is 1. The fourth-order valence-electron chi connectivity index (χ4n) is 3.87. The SMILES string of the molecule is CCCCCCCCCc1cccc(O[P+]([O-])([S-])[S-])c1CCCCCCCCC. The van der Waals surface area contributed by atoms with Crippen LogP contribution in [-0.2, 0) is 37.3 Å². The minimum Gasteiger partial charge on any atom is -0.682 e. The number of hydrogen-bond donors (Lipinski definition) is 0. The molecular weight excluding hydrogens is 415 g/mol. The van der Waals surface area contributed by atoms with Gasteiger partial charge in [-0.3, -0.25) is 0 Å². The monoisotopic (exact) mass is 456 g/mol. The predicted octanol–water partition coefficient (Wildman–Crippen LogP) is 7.78. The number of benzene rings is 1. The topological polar surface area (TPSA) is 32.3 Å². The molecule has 0 spiro atoms. The van der Waals surface area contributed by atoms with E-state index in [1.807, 2.05) is 12.1 Å². The maximum atomic E-state index is 11.9. The van der Waals surface area contributed by atoms with E-state index >= 15 is 0 Å². The van der Waals surface area contributed by atoms with Crippen LogP contribution >= 0.6 is 6.12 Å². The summed E-state index contributed by atoms with van der Waals surface area (Å²) in [6.07, 6.45) is 16.7. The predicted molar refractivity (Wildman–Crippen MR) is 132 cm³/mol. The summed E-state index contributed by atoms with van der Waals surface area (Å²) in [6, 6.07) is 6.06. The van der Waals surface area contributed by atoms with Crippen LogP contribution in [-0.4, -0.2) is 0 Å². The van der Waals surface area contributed by atoms with Gasteiger partial charge in [-0.2, -0.15) is 0 Å². The molecule has 0 aromatic heterocycles. The Bertz CT molecular complexity index is 532. The average Bonchev–Trinajstić information content (AvgIpc) is 2.67. The van der Waals surface area contributed by atoms with Gasteiger partial charge in [0.2, 0.25) is 0 Å². The first kappa shape index (κ1) is 27.1. The van der Waals surface area contributed by atoms with Crippen LogP contribution in [0.15, 0.2) is 18.2 Å². The quantitative estimate of drug-likeness (QED) is 0.128. The molecule has 0 bridgehead atoms. The van der Waals surface area contributed by atoms with Crippen molar-refractivity contribution in [3.63, 3.8) is 0 Å². The fourth-order valence-corrected chi connectivity index (χ4v) is 4.76. The van der Waals surface area contributed by atoms with Gasteiger partial charge in [-0.15, -0.1) is 6.12 Å². The molecule has 0 heterocycles. The zero-order valence-corrected chi connectivity index (χ0v) is 21.2. The first-order valence-electron chi connectivity index (χ1n) is 11.8. The third-order valence-corrected chi connectivity index (χ3v) is 6.39. The van der Waals surface area contributed by atoms with Crippen LogP contribution in [0.5, 0.6) is 5.75 Å². The van der Waals surface area contributed by atoms with E-state index in [-0.39, 0.29) is 0 Å². The zero-order chi connectivity index (χ0) is 21.4. The fraction of sp³-hybridized carbons (Fsp3) is 0.750. The molecule has 0 saturated carbocycles. The minimum absolute atomic E-state index is 0.657. The van der Waals surface area contributed by atoms with Gasteiger partial charge in [0.1, 0.15) is 0 Å². The van der Waals surface area contributed by atoms with Gasteiger partial charge in [-0.25, -0.2) is 0 Å². The summed E-state index contributed by atoms with van der Waals surface area (Å²) in [5, 5.41) is 0. The molecule has 0 unspecified atom stereocenters. The highest BCUT2D eigenvalue weighted by molar-refractivity contribution is 8.69. The highest BCUT2D eigenvalue weighted by Crippen LogP contribution is 2.47. The first-order chi connectivity index (χ1) is 14.0. The van der Waals surface area contributed by atoms with Crippen molar-refractivity contribution in [1.82, 2.24) is 0 Å². The Labute approximate surface area is 191 Å². The lowest BCUT2D eigenvalue weighted by atomic mass is 9.95. The third-order valence-electron chi connectivity index (χ3n) is 5.52. The van der Waals surface area contributed by atoms with Crippen molar-refractivity contribution in [2.75, 3.05) is 0 Å². The largest absolute Gasteiger partial charge is 0.682 e. The molecule has 0 fully saturated rings. The van der Waals surface area contributed by atoms with Gasteiger partial charge in [0.05, 0.1) is 0 Å². The van der Waals surface area contributed by atoms with E-state index in [1.165, 1.54) is 94.6 Å². The number of rotatable bonds is 18. The zero-order valence-electron chi connectivity index (χ0n) is 18.6. The van der Waals surface area contributed by atoms with Gasteiger partial charge >= 0.3 is 0 Å². The Balaban J connectivity index is 2.57. The van der Waals surface area contributed by atoms with Gasteiger partial charge in [0.15, 0.2) is 5.75 Å². The van der Waals surface area contributed by atoms with Gasteiger partial charge in [-0.05, 0) is 37.3 Å². The molecule has 0 aliphatic rings. The van der Waals surface area contributed by atoms with Crippen LogP contribution in [0.3, 0.4) is 0 Å². The van der Waals surface area contributed by atoms with Crippen LogP contribution in [0.25, 0.3) is 0 Å². The summed E-state index contributed by atoms with van der Waals surface area (Å²) in [6.45, 7) is 4.51. The maximum absolute atomic E-state index is 11.9. The molecule has 0 amide bonds. The molecule has 0 radical (unpaired) electrons. The van der Waals surface area contributed by atoms with Gasteiger partial charge in [0, 0.05) is 5.56 Å². The summed E-state index contributed by atoms with van der Waals surface area (Å²) in [5.41, 5.74) is 2.50. The van der Waals surface area contributed by atoms with Crippen LogP contribution in [0, 0.1) is 0 Å². The van der Waals surface area contributed by atoms with E-state index < -0.39 is 6.12 Å². The molecule has 168 valence electrons. The Morgan fingerprint density at radius 1 is 0.724 bits per heavy atom. The lowest BCUT2D eigenvalue weighted by Gasteiger charge is -2.42. The van der Waals surface area contributed by atoms with Crippen molar-refractivity contribution in [2.24, 2.45) is 0 Å². The molecule has 5 heteroatoms. The van der Waals surface area contributed by atoms with E-state index in [0.717, 1.165) is 19.3 Å². The molecule has 1 aromatic rings. The molecule has 0 aliphatic heterocycles. The lowest BCUT2D eigenvalue weighted by molar-refractivity contribution is -0.169. The summed E-state index contributed by atoms with van der Waals surface area (Å²) >= 11 is 9.74. The van der Waals surface area contributed by atoms with Gasteiger partial charge < -0.3 is 33.9 Å². The van der Waals surface area contributed by atoms with Crippen molar-refractivity contribution >= 4 is 30.6 Å². The number of unbranched alkanes of at least 4 members (excludes halogenated alkanes) is 12. The maximum Gasteiger partial charge on any atom is 0.171 e. The van der Waals surface area contributed by atoms with Crippen LogP contribution in [0.4, 0.5) is 0 Å². The second-order valence-electron chi connectivity index (χ2n) is 8.17. The summed E-state index contributed by atoms with van der Waals surface area (Å²) in [7, 11) is 0. The summed E-state index contributed by atoms with van der Waals surface area (Å²) < 4.78 is 5.54. The van der Waals surface area contributed by atoms with Gasteiger partial charge in [0.25, 0.3) is 0 Å². The van der Waals surface area contributed by atoms with Crippen LogP contribution in [0.1, 0.15) is 115 Å². The highest BCUT2D eigenvalue weighted by Gasteiger charge is 2.12. The standard InChI is InChI=1S/C24H43O2PS2/c1-3-5-7-9-11-13-15-18-22-19-17-21-24(26-27(25,28)29)23(22)20-16-14-12-10-8-6-4-2/h17,19,21H,3-16,18,20H2,1-2H3,(H2,25,28,29)/p-2. The van der Waals surface area contributed by atoms with E-state index in [4.69, 9.17) is 29.0 Å². The molecule has 0 atom stereocenters. The second kappa shape index (κ2) is 16.8. The Morgan fingerprint density at radius 2 is 1.21 bits per heavy atom. The highest BCUT2D eigenvalue weighted by atomic mass is 33.1. The van der Waals surface area contributed by atoms with Crippen molar-refractivity contribution < 1.29 is 9.42 Å². The molecule has 2 nitrogen and oxygen atoms in total. The molecular formula is C24H41O2PS2-2. The molecule has 1 aromatic carbocycles. The van der Waals surface area contributed by atoms with E-state index in [1.54, 1.807) is 0 Å². The van der Waals surface area contributed by atoms with Crippen molar-refractivity contribution in [1.29, 1.82) is 0 Å². The van der Waals surface area contributed by atoms with Gasteiger partial charge in [-0.1, -0.05) is 103 Å². The second-order valence-corrected chi connectivity index (χ2v) is 12.8.